The second-order valence-corrected chi connectivity index (χ2v) is 8.51. The minimum Gasteiger partial charge on any atom is -0.368 e. The molecule has 6 nitrogen and oxygen atoms in total. The number of carbonyl (C=O) groups is 1. The molecule has 0 unspecified atom stereocenters. The van der Waals surface area contributed by atoms with Crippen LogP contribution < -0.4 is 10.2 Å². The first kappa shape index (κ1) is 19.4. The smallest absolute Gasteiger partial charge is 0.239 e. The zero-order valence-corrected chi connectivity index (χ0v) is 17.9. The van der Waals surface area contributed by atoms with Gasteiger partial charge in [0.05, 0.1) is 16.8 Å². The van der Waals surface area contributed by atoms with Crippen LogP contribution in [0.3, 0.4) is 0 Å². The van der Waals surface area contributed by atoms with Crippen molar-refractivity contribution in [1.82, 2.24) is 19.6 Å². The summed E-state index contributed by atoms with van der Waals surface area (Å²) in [6.45, 7) is 6.17. The third kappa shape index (κ3) is 3.44. The van der Waals surface area contributed by atoms with Crippen molar-refractivity contribution in [2.24, 2.45) is 0 Å². The van der Waals surface area contributed by atoms with Gasteiger partial charge in [-0.15, -0.1) is 0 Å². The van der Waals surface area contributed by atoms with Crippen LogP contribution in [-0.2, 0) is 4.79 Å². The number of pyridine rings is 1. The number of amides is 1. The van der Waals surface area contributed by atoms with Gasteiger partial charge in [-0.1, -0.05) is 17.7 Å². The Labute approximate surface area is 181 Å². The summed E-state index contributed by atoms with van der Waals surface area (Å²) in [5.41, 5.74) is 4.97. The minimum atomic E-state index is 0.0108. The van der Waals surface area contributed by atoms with Crippen LogP contribution >= 0.6 is 11.6 Å². The van der Waals surface area contributed by atoms with E-state index < -0.39 is 0 Å². The number of fused-ring (bicyclic) bond motifs is 1. The van der Waals surface area contributed by atoms with Crippen molar-refractivity contribution in [2.75, 3.05) is 37.6 Å². The summed E-state index contributed by atoms with van der Waals surface area (Å²) in [6, 6.07) is 12.2. The molecular weight excluding hydrogens is 398 g/mol. The summed E-state index contributed by atoms with van der Waals surface area (Å²) in [5, 5.41) is 4.02. The minimum absolute atomic E-state index is 0.0108. The van der Waals surface area contributed by atoms with E-state index in [1.165, 1.54) is 0 Å². The van der Waals surface area contributed by atoms with Crippen LogP contribution in [0.15, 0.2) is 42.6 Å². The van der Waals surface area contributed by atoms with Crippen molar-refractivity contribution >= 4 is 28.8 Å². The summed E-state index contributed by atoms with van der Waals surface area (Å²) in [5.74, 6) is 0.254. The number of piperazine rings is 1. The van der Waals surface area contributed by atoms with Gasteiger partial charge in [-0.3, -0.25) is 4.79 Å². The molecular formula is C23H26ClN5O. The SMILES string of the molecule is Cc1c(-c2cc(N3CCN(C(=O)[C@@H]4CCCN4)CC3)ccc2Cl)nc2ccccn12. The number of nitrogens with one attached hydrogen (secondary N) is 1. The topological polar surface area (TPSA) is 52.9 Å². The Morgan fingerprint density at radius 2 is 2.00 bits per heavy atom. The molecule has 2 aliphatic heterocycles. The molecule has 1 N–H and O–H groups in total. The molecule has 2 aromatic heterocycles. The van der Waals surface area contributed by atoms with E-state index in [1.807, 2.05) is 35.4 Å². The molecule has 7 heteroatoms. The molecule has 2 fully saturated rings. The van der Waals surface area contributed by atoms with Crippen molar-refractivity contribution < 1.29 is 4.79 Å². The number of nitrogens with zero attached hydrogens (tertiary/aromatic N) is 4. The first-order valence-corrected chi connectivity index (χ1v) is 11.0. The molecule has 0 aliphatic carbocycles. The lowest BCUT2D eigenvalue weighted by Gasteiger charge is -2.37. The van der Waals surface area contributed by atoms with Gasteiger partial charge in [0, 0.05) is 49.3 Å². The monoisotopic (exact) mass is 423 g/mol. The molecule has 1 atom stereocenters. The highest BCUT2D eigenvalue weighted by molar-refractivity contribution is 6.33. The van der Waals surface area contributed by atoms with Crippen LogP contribution in [0.25, 0.3) is 16.9 Å². The fraction of sp³-hybridized carbons (Fsp3) is 0.391. The van der Waals surface area contributed by atoms with Crippen LogP contribution in [0.4, 0.5) is 5.69 Å². The van der Waals surface area contributed by atoms with Crippen molar-refractivity contribution in [2.45, 2.75) is 25.8 Å². The third-order valence-corrected chi connectivity index (χ3v) is 6.62. The van der Waals surface area contributed by atoms with E-state index in [4.69, 9.17) is 16.6 Å². The first-order chi connectivity index (χ1) is 14.6. The quantitative estimate of drug-likeness (QED) is 0.701. The highest BCUT2D eigenvalue weighted by Crippen LogP contribution is 2.34. The van der Waals surface area contributed by atoms with Gasteiger partial charge in [0.1, 0.15) is 5.65 Å². The predicted octanol–water partition coefficient (Wildman–Crippen LogP) is 3.36. The van der Waals surface area contributed by atoms with Crippen LogP contribution in [0.2, 0.25) is 5.02 Å². The number of imidazole rings is 1. The number of anilines is 1. The van der Waals surface area contributed by atoms with E-state index >= 15 is 0 Å². The molecule has 156 valence electrons. The first-order valence-electron chi connectivity index (χ1n) is 10.6. The number of rotatable bonds is 3. The lowest BCUT2D eigenvalue weighted by molar-refractivity contribution is -0.133. The van der Waals surface area contributed by atoms with Crippen LogP contribution in [-0.4, -0.2) is 59.0 Å². The summed E-state index contributed by atoms with van der Waals surface area (Å²) >= 11 is 6.58. The Bertz CT molecular complexity index is 1080. The van der Waals surface area contributed by atoms with Crippen LogP contribution in [0, 0.1) is 6.92 Å². The zero-order chi connectivity index (χ0) is 20.7. The summed E-state index contributed by atoms with van der Waals surface area (Å²) in [4.78, 5) is 21.8. The standard InChI is InChI=1S/C23H26ClN5O/c1-16-22(26-21-6-2-3-10-29(16)21)18-15-17(7-8-19(18)24)27-11-13-28(14-12-27)23(30)20-5-4-9-25-20/h2-3,6-8,10,15,20,25H,4-5,9,11-14H2,1H3/t20-/m0/s1. The highest BCUT2D eigenvalue weighted by Gasteiger charge is 2.29. The van der Waals surface area contributed by atoms with Gasteiger partial charge in [-0.2, -0.15) is 0 Å². The van der Waals surface area contributed by atoms with E-state index in [-0.39, 0.29) is 11.9 Å². The maximum absolute atomic E-state index is 12.7. The van der Waals surface area contributed by atoms with Gasteiger partial charge in [0.2, 0.25) is 5.91 Å². The fourth-order valence-corrected chi connectivity index (χ4v) is 4.77. The van der Waals surface area contributed by atoms with E-state index in [0.29, 0.717) is 5.02 Å². The summed E-state index contributed by atoms with van der Waals surface area (Å²) in [6.07, 6.45) is 4.07. The summed E-state index contributed by atoms with van der Waals surface area (Å²) in [7, 11) is 0. The lowest BCUT2D eigenvalue weighted by Crippen LogP contribution is -2.53. The largest absolute Gasteiger partial charge is 0.368 e. The van der Waals surface area contributed by atoms with Gasteiger partial charge >= 0.3 is 0 Å². The Hall–Kier alpha value is -2.57. The van der Waals surface area contributed by atoms with Crippen LogP contribution in [0.5, 0.6) is 0 Å². The number of hydrogen-bond donors (Lipinski definition) is 1. The molecule has 0 spiro atoms. The van der Waals surface area contributed by atoms with Gasteiger partial charge in [-0.05, 0) is 56.6 Å². The molecule has 0 saturated carbocycles. The average Bonchev–Trinajstić information content (AvgIpc) is 3.43. The second-order valence-electron chi connectivity index (χ2n) is 8.10. The third-order valence-electron chi connectivity index (χ3n) is 6.29. The molecule has 1 amide bonds. The molecule has 30 heavy (non-hydrogen) atoms. The van der Waals surface area contributed by atoms with Crippen molar-refractivity contribution in [3.8, 4) is 11.3 Å². The second kappa shape index (κ2) is 7.93. The average molecular weight is 424 g/mol. The van der Waals surface area contributed by atoms with Crippen molar-refractivity contribution in [3.05, 3.63) is 53.3 Å². The molecule has 2 aliphatic rings. The summed E-state index contributed by atoms with van der Waals surface area (Å²) < 4.78 is 2.08. The van der Waals surface area contributed by atoms with E-state index in [2.05, 4.69) is 33.7 Å². The maximum atomic E-state index is 12.7. The molecule has 2 saturated heterocycles. The maximum Gasteiger partial charge on any atom is 0.239 e. The zero-order valence-electron chi connectivity index (χ0n) is 17.1. The number of halogens is 1. The van der Waals surface area contributed by atoms with Gasteiger partial charge in [0.25, 0.3) is 0 Å². The Kier molecular flexibility index (Phi) is 5.13. The number of hydrogen-bond acceptors (Lipinski definition) is 4. The van der Waals surface area contributed by atoms with Crippen molar-refractivity contribution in [1.29, 1.82) is 0 Å². The normalized spacial score (nSPS) is 19.6. The Morgan fingerprint density at radius 1 is 1.17 bits per heavy atom. The van der Waals surface area contributed by atoms with Gasteiger partial charge < -0.3 is 19.5 Å². The van der Waals surface area contributed by atoms with E-state index in [0.717, 1.165) is 73.9 Å². The van der Waals surface area contributed by atoms with Crippen molar-refractivity contribution in [3.63, 3.8) is 0 Å². The van der Waals surface area contributed by atoms with Crippen LogP contribution in [0.1, 0.15) is 18.5 Å². The number of carbonyl (C=O) groups excluding carboxylic acids is 1. The Morgan fingerprint density at radius 3 is 2.73 bits per heavy atom. The molecule has 3 aromatic rings. The number of aryl methyl sites for hydroxylation is 1. The fourth-order valence-electron chi connectivity index (χ4n) is 4.57. The van der Waals surface area contributed by atoms with Gasteiger partial charge in [-0.25, -0.2) is 4.98 Å². The lowest BCUT2D eigenvalue weighted by atomic mass is 10.1. The molecule has 1 aromatic carbocycles. The molecule has 5 rings (SSSR count). The van der Waals surface area contributed by atoms with E-state index in [9.17, 15) is 4.79 Å². The van der Waals surface area contributed by atoms with Gasteiger partial charge in [0.15, 0.2) is 0 Å². The van der Waals surface area contributed by atoms with E-state index in [1.54, 1.807) is 0 Å². The number of aromatic nitrogens is 2. The highest BCUT2D eigenvalue weighted by atomic mass is 35.5. The molecule has 0 bridgehead atoms. The molecule has 4 heterocycles. The number of benzene rings is 1. The molecule has 0 radical (unpaired) electrons. The predicted molar refractivity (Wildman–Crippen MR) is 120 cm³/mol. The Balaban J connectivity index is 1.36.